The van der Waals surface area contributed by atoms with Gasteiger partial charge in [0.2, 0.25) is 5.91 Å². The zero-order valence-electron chi connectivity index (χ0n) is 10.6. The van der Waals surface area contributed by atoms with Crippen LogP contribution in [0.4, 0.5) is 10.1 Å². The van der Waals surface area contributed by atoms with E-state index in [2.05, 4.69) is 10.4 Å². The number of hydrogen-bond donors (Lipinski definition) is 1. The summed E-state index contributed by atoms with van der Waals surface area (Å²) >= 11 is 0. The van der Waals surface area contributed by atoms with Crippen LogP contribution in [0, 0.1) is 5.82 Å². The van der Waals surface area contributed by atoms with E-state index in [0.717, 1.165) is 0 Å². The average molecular weight is 259 g/mol. The van der Waals surface area contributed by atoms with E-state index >= 15 is 0 Å². The number of amides is 1. The number of halogens is 1. The van der Waals surface area contributed by atoms with Crippen molar-refractivity contribution in [1.29, 1.82) is 0 Å². The van der Waals surface area contributed by atoms with E-state index in [1.165, 1.54) is 6.07 Å². The molecule has 0 radical (unpaired) electrons. The second-order valence-corrected chi connectivity index (χ2v) is 4.92. The maximum absolute atomic E-state index is 13.8. The highest BCUT2D eigenvalue weighted by atomic mass is 19.1. The van der Waals surface area contributed by atoms with E-state index < -0.39 is 5.41 Å². The normalized spacial score (nSPS) is 16.1. The van der Waals surface area contributed by atoms with E-state index in [9.17, 15) is 9.18 Å². The van der Waals surface area contributed by atoms with E-state index in [4.69, 9.17) is 0 Å². The second-order valence-electron chi connectivity index (χ2n) is 4.92. The molecule has 1 aliphatic rings. The number of rotatable bonds is 3. The maximum Gasteiger partial charge on any atom is 0.235 e. The molecule has 0 saturated heterocycles. The van der Waals surface area contributed by atoms with E-state index in [1.54, 1.807) is 42.3 Å². The predicted octanol–water partition coefficient (Wildman–Crippen LogP) is 2.23. The molecule has 5 heteroatoms. The number of nitrogens with zero attached hydrogens (tertiary/aromatic N) is 2. The van der Waals surface area contributed by atoms with Crippen molar-refractivity contribution in [1.82, 2.24) is 9.78 Å². The summed E-state index contributed by atoms with van der Waals surface area (Å²) in [5, 5.41) is 6.79. The molecule has 1 aliphatic carbocycles. The molecule has 0 bridgehead atoms. The fourth-order valence-corrected chi connectivity index (χ4v) is 2.33. The van der Waals surface area contributed by atoms with Gasteiger partial charge in [-0.25, -0.2) is 4.39 Å². The van der Waals surface area contributed by atoms with Crippen LogP contribution in [0.25, 0.3) is 0 Å². The third-order valence-corrected chi connectivity index (χ3v) is 3.54. The lowest BCUT2D eigenvalue weighted by atomic mass is 9.94. The van der Waals surface area contributed by atoms with Crippen LogP contribution < -0.4 is 5.32 Å². The van der Waals surface area contributed by atoms with Gasteiger partial charge >= 0.3 is 0 Å². The molecule has 1 saturated carbocycles. The van der Waals surface area contributed by atoms with Crippen molar-refractivity contribution in [3.63, 3.8) is 0 Å². The lowest BCUT2D eigenvalue weighted by Crippen LogP contribution is -2.28. The SMILES string of the molecule is Cn1cc(NC(=O)C2(c3ccccc3F)CC2)cn1. The van der Waals surface area contributed by atoms with Crippen molar-refractivity contribution in [2.24, 2.45) is 7.05 Å². The first kappa shape index (κ1) is 11.9. The number of anilines is 1. The first-order valence-electron chi connectivity index (χ1n) is 6.17. The minimum absolute atomic E-state index is 0.161. The Hall–Kier alpha value is -2.17. The fraction of sp³-hybridized carbons (Fsp3) is 0.286. The van der Waals surface area contributed by atoms with Crippen LogP contribution in [0.1, 0.15) is 18.4 Å². The first-order chi connectivity index (χ1) is 9.12. The molecule has 98 valence electrons. The van der Waals surface area contributed by atoms with Crippen molar-refractivity contribution in [2.45, 2.75) is 18.3 Å². The minimum atomic E-state index is -0.707. The van der Waals surface area contributed by atoms with Gasteiger partial charge in [-0.05, 0) is 18.9 Å². The van der Waals surface area contributed by atoms with Gasteiger partial charge in [0, 0.05) is 18.8 Å². The quantitative estimate of drug-likeness (QED) is 0.918. The summed E-state index contributed by atoms with van der Waals surface area (Å²) < 4.78 is 15.4. The Bertz CT molecular complexity index is 631. The monoisotopic (exact) mass is 259 g/mol. The van der Waals surface area contributed by atoms with Crippen LogP contribution in [0.15, 0.2) is 36.7 Å². The average Bonchev–Trinajstić information content (AvgIpc) is 3.09. The van der Waals surface area contributed by atoms with Gasteiger partial charge in [0.05, 0.1) is 17.3 Å². The first-order valence-corrected chi connectivity index (χ1v) is 6.17. The van der Waals surface area contributed by atoms with Crippen molar-refractivity contribution in [3.05, 3.63) is 48.0 Å². The number of carbonyl (C=O) groups is 1. The molecule has 1 heterocycles. The van der Waals surface area contributed by atoms with Crippen molar-refractivity contribution >= 4 is 11.6 Å². The van der Waals surface area contributed by atoms with Gasteiger partial charge in [-0.3, -0.25) is 9.48 Å². The van der Waals surface area contributed by atoms with Gasteiger partial charge < -0.3 is 5.32 Å². The minimum Gasteiger partial charge on any atom is -0.323 e. The van der Waals surface area contributed by atoms with Crippen LogP contribution in [0.3, 0.4) is 0 Å². The van der Waals surface area contributed by atoms with Crippen molar-refractivity contribution < 1.29 is 9.18 Å². The van der Waals surface area contributed by atoms with Gasteiger partial charge in [-0.15, -0.1) is 0 Å². The molecule has 1 N–H and O–H groups in total. The molecule has 2 aromatic rings. The van der Waals surface area contributed by atoms with Gasteiger partial charge in [0.15, 0.2) is 0 Å². The zero-order chi connectivity index (χ0) is 13.5. The third-order valence-electron chi connectivity index (χ3n) is 3.54. The fourth-order valence-electron chi connectivity index (χ4n) is 2.33. The standard InChI is InChI=1S/C14H14FN3O/c1-18-9-10(8-16-18)17-13(19)14(6-7-14)11-4-2-3-5-12(11)15/h2-5,8-9H,6-7H2,1H3,(H,17,19). The molecule has 3 rings (SSSR count). The molecule has 0 unspecified atom stereocenters. The van der Waals surface area contributed by atoms with Crippen molar-refractivity contribution in [2.75, 3.05) is 5.32 Å². The Balaban J connectivity index is 1.85. The van der Waals surface area contributed by atoms with Gasteiger partial charge in [0.25, 0.3) is 0 Å². The Morgan fingerprint density at radius 1 is 1.42 bits per heavy atom. The van der Waals surface area contributed by atoms with Gasteiger partial charge in [-0.1, -0.05) is 18.2 Å². The highest BCUT2D eigenvalue weighted by molar-refractivity contribution is 6.01. The summed E-state index contributed by atoms with van der Waals surface area (Å²) in [5.41, 5.74) is 0.410. The number of carbonyl (C=O) groups excluding carboxylic acids is 1. The summed E-state index contributed by atoms with van der Waals surface area (Å²) in [6, 6.07) is 6.47. The number of hydrogen-bond acceptors (Lipinski definition) is 2. The molecule has 4 nitrogen and oxygen atoms in total. The second kappa shape index (κ2) is 4.19. The van der Waals surface area contributed by atoms with Crippen LogP contribution in [-0.2, 0) is 17.3 Å². The van der Waals surface area contributed by atoms with Crippen LogP contribution in [-0.4, -0.2) is 15.7 Å². The highest BCUT2D eigenvalue weighted by Gasteiger charge is 2.52. The maximum atomic E-state index is 13.8. The predicted molar refractivity (Wildman–Crippen MR) is 69.1 cm³/mol. The summed E-state index contributed by atoms with van der Waals surface area (Å²) in [5.74, 6) is -0.480. The Morgan fingerprint density at radius 3 is 2.74 bits per heavy atom. The van der Waals surface area contributed by atoms with Gasteiger partial charge in [-0.2, -0.15) is 5.10 Å². The Labute approximate surface area is 110 Å². The summed E-state index contributed by atoms with van der Waals surface area (Å²) in [7, 11) is 1.78. The van der Waals surface area contributed by atoms with Crippen LogP contribution >= 0.6 is 0 Å². The molecular weight excluding hydrogens is 245 g/mol. The topological polar surface area (TPSA) is 46.9 Å². The molecule has 0 atom stereocenters. The van der Waals surface area contributed by atoms with Crippen molar-refractivity contribution in [3.8, 4) is 0 Å². The summed E-state index contributed by atoms with van der Waals surface area (Å²) in [6.45, 7) is 0. The lowest BCUT2D eigenvalue weighted by Gasteiger charge is -2.15. The van der Waals surface area contributed by atoms with E-state index in [0.29, 0.717) is 24.1 Å². The Kier molecular flexibility index (Phi) is 2.62. The zero-order valence-corrected chi connectivity index (χ0v) is 10.6. The molecule has 1 aromatic carbocycles. The molecule has 0 aliphatic heterocycles. The molecule has 19 heavy (non-hydrogen) atoms. The number of aryl methyl sites for hydroxylation is 1. The molecular formula is C14H14FN3O. The number of aromatic nitrogens is 2. The van der Waals surface area contributed by atoms with Gasteiger partial charge in [0.1, 0.15) is 5.82 Å². The summed E-state index contributed by atoms with van der Waals surface area (Å²) in [4.78, 5) is 12.3. The highest BCUT2D eigenvalue weighted by Crippen LogP contribution is 2.49. The Morgan fingerprint density at radius 2 is 2.16 bits per heavy atom. The van der Waals surface area contributed by atoms with Crippen LogP contribution in [0.5, 0.6) is 0 Å². The third kappa shape index (κ3) is 2.01. The largest absolute Gasteiger partial charge is 0.323 e. The molecule has 1 fully saturated rings. The lowest BCUT2D eigenvalue weighted by molar-refractivity contribution is -0.118. The van der Waals surface area contributed by atoms with E-state index in [1.807, 2.05) is 0 Å². The smallest absolute Gasteiger partial charge is 0.235 e. The summed E-state index contributed by atoms with van der Waals surface area (Å²) in [6.07, 6.45) is 4.66. The molecule has 1 amide bonds. The van der Waals surface area contributed by atoms with E-state index in [-0.39, 0.29) is 11.7 Å². The molecule has 1 aromatic heterocycles. The number of benzene rings is 1. The number of nitrogens with one attached hydrogen (secondary N) is 1. The molecule has 0 spiro atoms. The van der Waals surface area contributed by atoms with Crippen LogP contribution in [0.2, 0.25) is 0 Å².